The average molecular weight is 669 g/mol. The Kier molecular flexibility index (Phi) is 7.04. The predicted octanol–water partition coefficient (Wildman–Crippen LogP) is 14.0. The van der Waals surface area contributed by atoms with Crippen LogP contribution in [0.2, 0.25) is 0 Å². The SMILES string of the molecule is c1ccc(-c2ccccc2N(c2ccc3sc4ccccc4c3c2)c2ccc3c(c2)c2c(-c4ccccc4)cccc2n3-c2ccccc2)cc1. The maximum absolute atomic E-state index is 2.45. The Labute approximate surface area is 300 Å². The van der Waals surface area contributed by atoms with E-state index in [0.717, 1.165) is 22.7 Å². The van der Waals surface area contributed by atoms with Crippen molar-refractivity contribution in [3.05, 3.63) is 194 Å². The fraction of sp³-hybridized carbons (Fsp3) is 0. The lowest BCUT2D eigenvalue weighted by molar-refractivity contribution is 1.18. The van der Waals surface area contributed by atoms with Gasteiger partial charge >= 0.3 is 0 Å². The lowest BCUT2D eigenvalue weighted by Gasteiger charge is -2.28. The van der Waals surface area contributed by atoms with E-state index in [2.05, 4.69) is 204 Å². The standard InChI is InChI=1S/C48H32N2S/c1-4-15-33(16-5-1)38-21-10-12-24-43(38)49(37-28-30-47-41(31-37)40-22-11-13-26-46(40)51-47)36-27-29-44-42(32-36)48-39(34-17-6-2-7-18-34)23-14-25-45(48)50(44)35-19-8-3-9-20-35/h1-32H. The zero-order valence-corrected chi connectivity index (χ0v) is 28.6. The van der Waals surface area contributed by atoms with E-state index in [1.54, 1.807) is 0 Å². The van der Waals surface area contributed by atoms with E-state index in [1.807, 2.05) is 11.3 Å². The van der Waals surface area contributed by atoms with E-state index >= 15 is 0 Å². The summed E-state index contributed by atoms with van der Waals surface area (Å²) >= 11 is 1.86. The zero-order chi connectivity index (χ0) is 33.7. The number of nitrogens with zero attached hydrogens (tertiary/aromatic N) is 2. The molecule has 2 heterocycles. The first-order chi connectivity index (χ1) is 25.3. The van der Waals surface area contributed by atoms with Crippen molar-refractivity contribution in [1.82, 2.24) is 4.57 Å². The van der Waals surface area contributed by atoms with Gasteiger partial charge in [0.2, 0.25) is 0 Å². The number of anilines is 3. The van der Waals surface area contributed by atoms with Crippen molar-refractivity contribution in [2.75, 3.05) is 4.90 Å². The molecule has 0 saturated heterocycles. The number of fused-ring (bicyclic) bond motifs is 6. The third-order valence-corrected chi connectivity index (χ3v) is 11.1. The van der Waals surface area contributed by atoms with Crippen LogP contribution >= 0.6 is 11.3 Å². The molecule has 0 aliphatic carbocycles. The molecule has 10 aromatic rings. The molecule has 0 atom stereocenters. The Morgan fingerprint density at radius 1 is 0.392 bits per heavy atom. The monoisotopic (exact) mass is 668 g/mol. The first-order valence-corrected chi connectivity index (χ1v) is 18.2. The second kappa shape index (κ2) is 12.2. The summed E-state index contributed by atoms with van der Waals surface area (Å²) < 4.78 is 5.02. The van der Waals surface area contributed by atoms with Crippen LogP contribution in [-0.2, 0) is 0 Å². The Hall–Kier alpha value is -6.42. The minimum absolute atomic E-state index is 1.11. The molecular formula is C48H32N2S. The molecule has 0 fully saturated rings. The van der Waals surface area contributed by atoms with Gasteiger partial charge < -0.3 is 9.47 Å². The van der Waals surface area contributed by atoms with Crippen LogP contribution in [-0.4, -0.2) is 4.57 Å². The molecule has 0 aliphatic rings. The largest absolute Gasteiger partial charge is 0.310 e. The highest BCUT2D eigenvalue weighted by molar-refractivity contribution is 7.25. The van der Waals surface area contributed by atoms with Gasteiger partial charge in [0, 0.05) is 53.6 Å². The summed E-state index contributed by atoms with van der Waals surface area (Å²) in [6.07, 6.45) is 0. The molecule has 0 spiro atoms. The number of benzene rings is 8. The van der Waals surface area contributed by atoms with Crippen molar-refractivity contribution < 1.29 is 0 Å². The first-order valence-electron chi connectivity index (χ1n) is 17.4. The summed E-state index contributed by atoms with van der Waals surface area (Å²) in [5.41, 5.74) is 11.7. The lowest BCUT2D eigenvalue weighted by Crippen LogP contribution is -2.11. The number of para-hydroxylation sites is 2. The van der Waals surface area contributed by atoms with Gasteiger partial charge in [-0.2, -0.15) is 0 Å². The van der Waals surface area contributed by atoms with Crippen molar-refractivity contribution in [2.45, 2.75) is 0 Å². The van der Waals surface area contributed by atoms with Gasteiger partial charge in [0.05, 0.1) is 16.7 Å². The highest BCUT2D eigenvalue weighted by Crippen LogP contribution is 2.46. The fourth-order valence-electron chi connectivity index (χ4n) is 7.72. The molecular weight excluding hydrogens is 637 g/mol. The number of thiophene rings is 1. The van der Waals surface area contributed by atoms with E-state index in [9.17, 15) is 0 Å². The quantitative estimate of drug-likeness (QED) is 0.171. The molecule has 0 N–H and O–H groups in total. The zero-order valence-electron chi connectivity index (χ0n) is 27.8. The molecule has 0 aliphatic heterocycles. The van der Waals surface area contributed by atoms with E-state index in [-0.39, 0.29) is 0 Å². The second-order valence-electron chi connectivity index (χ2n) is 12.9. The highest BCUT2D eigenvalue weighted by Gasteiger charge is 2.22. The predicted molar refractivity (Wildman–Crippen MR) is 219 cm³/mol. The van der Waals surface area contributed by atoms with Crippen LogP contribution in [0.1, 0.15) is 0 Å². The summed E-state index contributed by atoms with van der Waals surface area (Å²) in [5.74, 6) is 0. The van der Waals surface area contributed by atoms with Gasteiger partial charge in [-0.3, -0.25) is 0 Å². The van der Waals surface area contributed by atoms with Crippen molar-refractivity contribution in [1.29, 1.82) is 0 Å². The van der Waals surface area contributed by atoms with Crippen LogP contribution in [0.4, 0.5) is 17.1 Å². The topological polar surface area (TPSA) is 8.17 Å². The van der Waals surface area contributed by atoms with Gasteiger partial charge in [0.1, 0.15) is 0 Å². The smallest absolute Gasteiger partial charge is 0.0547 e. The van der Waals surface area contributed by atoms with Crippen LogP contribution in [0.15, 0.2) is 194 Å². The lowest BCUT2D eigenvalue weighted by atomic mass is 9.98. The van der Waals surface area contributed by atoms with Gasteiger partial charge in [-0.05, 0) is 83.4 Å². The summed E-state index contributed by atoms with van der Waals surface area (Å²) in [6.45, 7) is 0. The Morgan fingerprint density at radius 3 is 1.76 bits per heavy atom. The maximum Gasteiger partial charge on any atom is 0.0547 e. The summed E-state index contributed by atoms with van der Waals surface area (Å²) in [7, 11) is 0. The third-order valence-electron chi connectivity index (χ3n) is 9.98. The Bertz CT molecular complexity index is 2850. The van der Waals surface area contributed by atoms with Crippen LogP contribution in [0.25, 0.3) is 69.9 Å². The number of rotatable bonds is 6. The second-order valence-corrected chi connectivity index (χ2v) is 14.0. The van der Waals surface area contributed by atoms with E-state index < -0.39 is 0 Å². The summed E-state index contributed by atoms with van der Waals surface area (Å²) in [5, 5.41) is 5.04. The Balaban J connectivity index is 1.28. The van der Waals surface area contributed by atoms with Crippen LogP contribution in [0.5, 0.6) is 0 Å². The molecule has 3 heteroatoms. The average Bonchev–Trinajstić information content (AvgIpc) is 3.74. The van der Waals surface area contributed by atoms with E-state index in [4.69, 9.17) is 0 Å². The van der Waals surface area contributed by atoms with Crippen molar-refractivity contribution in [3.63, 3.8) is 0 Å². The van der Waals surface area contributed by atoms with Crippen molar-refractivity contribution in [3.8, 4) is 27.9 Å². The van der Waals surface area contributed by atoms with Crippen molar-refractivity contribution >= 4 is 70.4 Å². The third kappa shape index (κ3) is 4.93. The summed E-state index contributed by atoms with van der Waals surface area (Å²) in [6, 6.07) is 70.4. The molecule has 0 radical (unpaired) electrons. The van der Waals surface area contributed by atoms with Gasteiger partial charge in [-0.25, -0.2) is 0 Å². The minimum atomic E-state index is 1.11. The normalized spacial score (nSPS) is 11.5. The molecule has 0 amide bonds. The van der Waals surface area contributed by atoms with Crippen molar-refractivity contribution in [2.24, 2.45) is 0 Å². The molecule has 0 bridgehead atoms. The molecule has 2 nitrogen and oxygen atoms in total. The molecule has 0 unspecified atom stereocenters. The molecule has 51 heavy (non-hydrogen) atoms. The van der Waals surface area contributed by atoms with Crippen LogP contribution in [0.3, 0.4) is 0 Å². The van der Waals surface area contributed by atoms with Crippen LogP contribution < -0.4 is 4.90 Å². The van der Waals surface area contributed by atoms with E-state index in [0.29, 0.717) is 0 Å². The molecule has 10 rings (SSSR count). The van der Waals surface area contributed by atoms with Crippen LogP contribution in [0, 0.1) is 0 Å². The van der Waals surface area contributed by atoms with Gasteiger partial charge in [-0.15, -0.1) is 11.3 Å². The maximum atomic E-state index is 2.45. The molecule has 8 aromatic carbocycles. The highest BCUT2D eigenvalue weighted by atomic mass is 32.1. The van der Waals surface area contributed by atoms with Gasteiger partial charge in [-0.1, -0.05) is 127 Å². The minimum Gasteiger partial charge on any atom is -0.310 e. The molecule has 2 aromatic heterocycles. The fourth-order valence-corrected chi connectivity index (χ4v) is 8.81. The summed E-state index contributed by atoms with van der Waals surface area (Å²) in [4.78, 5) is 2.45. The molecule has 0 saturated carbocycles. The number of hydrogen-bond donors (Lipinski definition) is 0. The number of hydrogen-bond acceptors (Lipinski definition) is 2. The van der Waals surface area contributed by atoms with Gasteiger partial charge in [0.15, 0.2) is 0 Å². The van der Waals surface area contributed by atoms with Gasteiger partial charge in [0.25, 0.3) is 0 Å². The van der Waals surface area contributed by atoms with E-state index in [1.165, 1.54) is 64.2 Å². The Morgan fingerprint density at radius 2 is 0.980 bits per heavy atom. The number of aromatic nitrogens is 1. The molecule has 240 valence electrons. The first kappa shape index (κ1) is 29.5.